The SMILES string of the molecule is C=N/C(N)=C(/C#Cc1cc(C(=O)NCCN2CCN(C)CC2)ccc1C)c1cc(Cl)ccc1C. The molecule has 1 aliphatic rings. The maximum absolute atomic E-state index is 12.7. The first kappa shape index (κ1) is 25.5. The van der Waals surface area contributed by atoms with Crippen LogP contribution in [0.5, 0.6) is 0 Å². The van der Waals surface area contributed by atoms with E-state index < -0.39 is 0 Å². The fraction of sp³-hybridized carbons (Fsp3) is 0.333. The number of piperazine rings is 1. The van der Waals surface area contributed by atoms with E-state index in [4.69, 9.17) is 17.3 Å². The molecule has 1 heterocycles. The number of hydrogen-bond acceptors (Lipinski definition) is 5. The summed E-state index contributed by atoms with van der Waals surface area (Å²) < 4.78 is 0. The molecule has 1 fully saturated rings. The second kappa shape index (κ2) is 11.8. The van der Waals surface area contributed by atoms with Crippen LogP contribution in [0.4, 0.5) is 0 Å². The van der Waals surface area contributed by atoms with Crippen LogP contribution < -0.4 is 11.1 Å². The summed E-state index contributed by atoms with van der Waals surface area (Å²) in [5.74, 6) is 6.43. The Balaban J connectivity index is 1.76. The lowest BCUT2D eigenvalue weighted by atomic mass is 9.99. The average molecular weight is 478 g/mol. The Morgan fingerprint density at radius 3 is 2.56 bits per heavy atom. The van der Waals surface area contributed by atoms with E-state index in [1.54, 1.807) is 0 Å². The Kier molecular flexibility index (Phi) is 8.89. The lowest BCUT2D eigenvalue weighted by Crippen LogP contribution is -2.46. The van der Waals surface area contributed by atoms with Crippen molar-refractivity contribution in [1.82, 2.24) is 15.1 Å². The van der Waals surface area contributed by atoms with Gasteiger partial charge in [-0.2, -0.15) is 0 Å². The van der Waals surface area contributed by atoms with E-state index >= 15 is 0 Å². The molecule has 0 aromatic heterocycles. The Morgan fingerprint density at radius 1 is 1.15 bits per heavy atom. The molecular formula is C27H32ClN5O. The molecule has 6 nitrogen and oxygen atoms in total. The Bertz CT molecular complexity index is 1150. The van der Waals surface area contributed by atoms with Gasteiger partial charge >= 0.3 is 0 Å². The summed E-state index contributed by atoms with van der Waals surface area (Å²) in [6.07, 6.45) is 0. The first-order valence-corrected chi connectivity index (χ1v) is 11.7. The van der Waals surface area contributed by atoms with Crippen molar-refractivity contribution in [3.63, 3.8) is 0 Å². The number of nitrogens with zero attached hydrogens (tertiary/aromatic N) is 3. The number of rotatable bonds is 6. The molecule has 1 aliphatic heterocycles. The monoisotopic (exact) mass is 477 g/mol. The summed E-state index contributed by atoms with van der Waals surface area (Å²) in [5.41, 5.74) is 10.7. The normalized spacial score (nSPS) is 15.2. The van der Waals surface area contributed by atoms with E-state index in [-0.39, 0.29) is 11.7 Å². The minimum Gasteiger partial charge on any atom is -0.383 e. The third kappa shape index (κ3) is 6.71. The van der Waals surface area contributed by atoms with Gasteiger partial charge < -0.3 is 16.0 Å². The van der Waals surface area contributed by atoms with E-state index in [1.807, 2.05) is 50.2 Å². The van der Waals surface area contributed by atoms with Crippen molar-refractivity contribution in [3.8, 4) is 11.8 Å². The Morgan fingerprint density at radius 2 is 1.85 bits per heavy atom. The second-order valence-electron chi connectivity index (χ2n) is 8.56. The van der Waals surface area contributed by atoms with E-state index in [0.717, 1.165) is 55.0 Å². The van der Waals surface area contributed by atoms with E-state index in [9.17, 15) is 4.79 Å². The zero-order valence-corrected chi connectivity index (χ0v) is 20.9. The van der Waals surface area contributed by atoms with Crippen LogP contribution in [0.3, 0.4) is 0 Å². The van der Waals surface area contributed by atoms with E-state index in [1.165, 1.54) is 0 Å². The highest BCUT2D eigenvalue weighted by Gasteiger charge is 2.14. The number of carbonyl (C=O) groups excluding carboxylic acids is 1. The molecule has 0 unspecified atom stereocenters. The highest BCUT2D eigenvalue weighted by Crippen LogP contribution is 2.24. The van der Waals surface area contributed by atoms with Gasteiger partial charge in [-0.15, -0.1) is 0 Å². The van der Waals surface area contributed by atoms with Gasteiger partial charge in [0.25, 0.3) is 5.91 Å². The lowest BCUT2D eigenvalue weighted by molar-refractivity contribution is 0.0941. The molecule has 0 radical (unpaired) electrons. The van der Waals surface area contributed by atoms with Crippen molar-refractivity contribution in [2.24, 2.45) is 10.7 Å². The maximum atomic E-state index is 12.7. The smallest absolute Gasteiger partial charge is 0.251 e. The largest absolute Gasteiger partial charge is 0.383 e. The molecule has 0 bridgehead atoms. The molecule has 0 spiro atoms. The molecule has 0 saturated carbocycles. The van der Waals surface area contributed by atoms with Gasteiger partial charge in [0, 0.05) is 55.4 Å². The van der Waals surface area contributed by atoms with Crippen LogP contribution in [-0.4, -0.2) is 68.7 Å². The van der Waals surface area contributed by atoms with Gasteiger partial charge in [-0.3, -0.25) is 9.69 Å². The van der Waals surface area contributed by atoms with Crippen LogP contribution in [0.25, 0.3) is 5.57 Å². The fourth-order valence-corrected chi connectivity index (χ4v) is 3.91. The molecule has 3 rings (SSSR count). The molecule has 2 aromatic rings. The number of carbonyl (C=O) groups is 1. The van der Waals surface area contributed by atoms with E-state index in [0.29, 0.717) is 22.7 Å². The number of amides is 1. The van der Waals surface area contributed by atoms with Crippen LogP contribution in [0.2, 0.25) is 5.02 Å². The van der Waals surface area contributed by atoms with Gasteiger partial charge in [-0.1, -0.05) is 35.6 Å². The first-order valence-electron chi connectivity index (χ1n) is 11.3. The van der Waals surface area contributed by atoms with Crippen molar-refractivity contribution in [3.05, 3.63) is 75.1 Å². The predicted octanol–water partition coefficient (Wildman–Crippen LogP) is 3.31. The molecule has 2 aromatic carbocycles. The Labute approximate surface area is 207 Å². The summed E-state index contributed by atoms with van der Waals surface area (Å²) >= 11 is 6.20. The van der Waals surface area contributed by atoms with Gasteiger partial charge in [0.15, 0.2) is 0 Å². The predicted molar refractivity (Wildman–Crippen MR) is 141 cm³/mol. The molecular weight excluding hydrogens is 446 g/mol. The van der Waals surface area contributed by atoms with Crippen LogP contribution >= 0.6 is 11.6 Å². The van der Waals surface area contributed by atoms with Crippen molar-refractivity contribution in [2.75, 3.05) is 46.3 Å². The molecule has 178 valence electrons. The molecule has 3 N–H and O–H groups in total. The number of aryl methyl sites for hydroxylation is 2. The number of benzene rings is 2. The Hall–Kier alpha value is -3.11. The van der Waals surface area contributed by atoms with Crippen molar-refractivity contribution in [2.45, 2.75) is 13.8 Å². The van der Waals surface area contributed by atoms with Crippen molar-refractivity contribution in [1.29, 1.82) is 0 Å². The van der Waals surface area contributed by atoms with Gasteiger partial charge in [0.2, 0.25) is 0 Å². The van der Waals surface area contributed by atoms with Gasteiger partial charge in [0.1, 0.15) is 5.82 Å². The average Bonchev–Trinajstić information content (AvgIpc) is 2.83. The third-order valence-electron chi connectivity index (χ3n) is 6.03. The van der Waals surface area contributed by atoms with Crippen LogP contribution in [0, 0.1) is 25.7 Å². The van der Waals surface area contributed by atoms with Crippen molar-refractivity contribution < 1.29 is 4.79 Å². The second-order valence-corrected chi connectivity index (χ2v) is 8.99. The number of likely N-dealkylation sites (N-methyl/N-ethyl adjacent to an activating group) is 1. The summed E-state index contributed by atoms with van der Waals surface area (Å²) in [7, 11) is 2.13. The maximum Gasteiger partial charge on any atom is 0.251 e. The molecule has 0 atom stereocenters. The van der Waals surface area contributed by atoms with Crippen LogP contribution in [0.1, 0.15) is 32.6 Å². The number of hydrogen-bond donors (Lipinski definition) is 2. The zero-order chi connectivity index (χ0) is 24.7. The molecule has 0 aliphatic carbocycles. The number of nitrogens with one attached hydrogen (secondary N) is 1. The molecule has 34 heavy (non-hydrogen) atoms. The number of halogens is 1. The van der Waals surface area contributed by atoms with Gasteiger partial charge in [0.05, 0.1) is 5.57 Å². The number of aliphatic imine (C=N–C) groups is 1. The van der Waals surface area contributed by atoms with Gasteiger partial charge in [-0.05, 0) is 68.6 Å². The summed E-state index contributed by atoms with van der Waals surface area (Å²) in [6, 6.07) is 11.1. The highest BCUT2D eigenvalue weighted by atomic mass is 35.5. The zero-order valence-electron chi connectivity index (χ0n) is 20.1. The highest BCUT2D eigenvalue weighted by molar-refractivity contribution is 6.30. The minimum atomic E-state index is -0.106. The van der Waals surface area contributed by atoms with Crippen LogP contribution in [0.15, 0.2) is 47.2 Å². The summed E-state index contributed by atoms with van der Waals surface area (Å²) in [5, 5.41) is 3.61. The quantitative estimate of drug-likeness (QED) is 0.494. The standard InChI is InChI=1S/C27H32ClN5O/c1-19-5-7-22(27(34)31-11-12-33-15-13-32(4)14-16-33)17-21(19)8-10-24(26(29)30-3)25-18-23(28)9-6-20(25)2/h5-7,9,17-18H,3,11-16,29H2,1-2,4H3,(H,31,34)/b26-24-. The first-order chi connectivity index (χ1) is 16.3. The number of nitrogens with two attached hydrogens (primary N) is 1. The summed E-state index contributed by atoms with van der Waals surface area (Å²) in [6.45, 7) is 13.1. The van der Waals surface area contributed by atoms with Gasteiger partial charge in [-0.25, -0.2) is 4.99 Å². The fourth-order valence-electron chi connectivity index (χ4n) is 3.74. The topological polar surface area (TPSA) is 74.0 Å². The molecule has 1 saturated heterocycles. The summed E-state index contributed by atoms with van der Waals surface area (Å²) in [4.78, 5) is 21.3. The van der Waals surface area contributed by atoms with Crippen LogP contribution in [-0.2, 0) is 0 Å². The van der Waals surface area contributed by atoms with Crippen molar-refractivity contribution >= 4 is 29.8 Å². The molecule has 7 heteroatoms. The molecule has 1 amide bonds. The third-order valence-corrected chi connectivity index (χ3v) is 6.26. The minimum absolute atomic E-state index is 0.106. The van der Waals surface area contributed by atoms with E-state index in [2.05, 4.69) is 45.7 Å². The lowest BCUT2D eigenvalue weighted by Gasteiger charge is -2.32. The number of allylic oxidation sites excluding steroid dienone is 1.